The molecule has 0 bridgehead atoms. The SMILES string of the molecule is CNC(c1ccc(C(C)C)cc1)C1CCCCO1. The maximum atomic E-state index is 5.90. The Labute approximate surface area is 111 Å². The number of hydrogen-bond donors (Lipinski definition) is 1. The van der Waals surface area contributed by atoms with Gasteiger partial charge in [0.2, 0.25) is 0 Å². The van der Waals surface area contributed by atoms with Gasteiger partial charge in [-0.15, -0.1) is 0 Å². The van der Waals surface area contributed by atoms with Crippen molar-refractivity contribution >= 4 is 0 Å². The van der Waals surface area contributed by atoms with Crippen molar-refractivity contribution in [3.8, 4) is 0 Å². The highest BCUT2D eigenvalue weighted by Crippen LogP contribution is 2.27. The summed E-state index contributed by atoms with van der Waals surface area (Å²) in [6.07, 6.45) is 3.98. The maximum Gasteiger partial charge on any atom is 0.0769 e. The number of ether oxygens (including phenoxy) is 1. The van der Waals surface area contributed by atoms with Crippen molar-refractivity contribution in [1.82, 2.24) is 5.32 Å². The molecule has 1 fully saturated rings. The van der Waals surface area contributed by atoms with Gasteiger partial charge in [0.15, 0.2) is 0 Å². The van der Waals surface area contributed by atoms with E-state index in [0.717, 1.165) is 13.0 Å². The Balaban J connectivity index is 2.11. The van der Waals surface area contributed by atoms with Crippen LogP contribution < -0.4 is 5.32 Å². The average Bonchev–Trinajstić information content (AvgIpc) is 2.41. The molecule has 2 heteroatoms. The molecule has 2 unspecified atom stereocenters. The zero-order chi connectivity index (χ0) is 13.0. The molecule has 1 aromatic carbocycles. The molecule has 1 saturated heterocycles. The lowest BCUT2D eigenvalue weighted by Crippen LogP contribution is -2.34. The van der Waals surface area contributed by atoms with Crippen LogP contribution in [0.1, 0.15) is 56.2 Å². The fourth-order valence-corrected chi connectivity index (χ4v) is 2.68. The quantitative estimate of drug-likeness (QED) is 0.877. The molecule has 0 amide bonds. The molecule has 1 aliphatic heterocycles. The zero-order valence-corrected chi connectivity index (χ0v) is 11.8. The highest BCUT2D eigenvalue weighted by molar-refractivity contribution is 5.27. The van der Waals surface area contributed by atoms with E-state index in [2.05, 4.69) is 43.4 Å². The Hall–Kier alpha value is -0.860. The van der Waals surface area contributed by atoms with Crippen LogP contribution in [0.25, 0.3) is 0 Å². The summed E-state index contributed by atoms with van der Waals surface area (Å²) in [6, 6.07) is 9.30. The molecule has 2 nitrogen and oxygen atoms in total. The second-order valence-corrected chi connectivity index (χ2v) is 5.49. The van der Waals surface area contributed by atoms with Crippen LogP contribution >= 0.6 is 0 Å². The molecule has 18 heavy (non-hydrogen) atoms. The van der Waals surface area contributed by atoms with Gasteiger partial charge in [0.05, 0.1) is 12.1 Å². The average molecular weight is 247 g/mol. The number of nitrogens with one attached hydrogen (secondary N) is 1. The predicted octanol–water partition coefficient (Wildman–Crippen LogP) is 3.64. The van der Waals surface area contributed by atoms with Crippen LogP contribution in [0.2, 0.25) is 0 Å². The minimum atomic E-state index is 0.325. The number of likely N-dealkylation sites (N-methyl/N-ethyl adjacent to an activating group) is 1. The van der Waals surface area contributed by atoms with E-state index in [0.29, 0.717) is 18.1 Å². The topological polar surface area (TPSA) is 21.3 Å². The molecule has 0 aromatic heterocycles. The third-order valence-electron chi connectivity index (χ3n) is 3.86. The van der Waals surface area contributed by atoms with Gasteiger partial charge in [0.1, 0.15) is 0 Å². The van der Waals surface area contributed by atoms with Gasteiger partial charge >= 0.3 is 0 Å². The summed E-state index contributed by atoms with van der Waals surface area (Å²) in [5, 5.41) is 3.41. The number of benzene rings is 1. The van der Waals surface area contributed by atoms with E-state index >= 15 is 0 Å². The van der Waals surface area contributed by atoms with E-state index in [4.69, 9.17) is 4.74 Å². The van der Waals surface area contributed by atoms with Gasteiger partial charge in [-0.3, -0.25) is 0 Å². The first-order valence-corrected chi connectivity index (χ1v) is 7.11. The van der Waals surface area contributed by atoms with Crippen molar-refractivity contribution in [3.63, 3.8) is 0 Å². The molecule has 0 aliphatic carbocycles. The summed E-state index contributed by atoms with van der Waals surface area (Å²) >= 11 is 0. The molecular formula is C16H25NO. The fourth-order valence-electron chi connectivity index (χ4n) is 2.68. The molecular weight excluding hydrogens is 222 g/mol. The van der Waals surface area contributed by atoms with Gasteiger partial charge in [-0.1, -0.05) is 38.1 Å². The Morgan fingerprint density at radius 1 is 1.11 bits per heavy atom. The molecule has 2 rings (SSSR count). The molecule has 1 heterocycles. The smallest absolute Gasteiger partial charge is 0.0769 e. The first-order chi connectivity index (χ1) is 8.72. The van der Waals surface area contributed by atoms with E-state index in [1.54, 1.807) is 0 Å². The third kappa shape index (κ3) is 3.12. The van der Waals surface area contributed by atoms with Crippen LogP contribution in [-0.4, -0.2) is 19.8 Å². The summed E-state index contributed by atoms with van der Waals surface area (Å²) in [4.78, 5) is 0. The maximum absolute atomic E-state index is 5.90. The van der Waals surface area contributed by atoms with E-state index in [9.17, 15) is 0 Å². The lowest BCUT2D eigenvalue weighted by atomic mass is 9.93. The van der Waals surface area contributed by atoms with Crippen LogP contribution in [0.4, 0.5) is 0 Å². The van der Waals surface area contributed by atoms with Crippen LogP contribution in [-0.2, 0) is 4.74 Å². The Bertz CT molecular complexity index is 352. The molecule has 2 atom stereocenters. The largest absolute Gasteiger partial charge is 0.376 e. The molecule has 0 radical (unpaired) electrons. The van der Waals surface area contributed by atoms with E-state index < -0.39 is 0 Å². The molecule has 0 spiro atoms. The second kappa shape index (κ2) is 6.35. The Morgan fingerprint density at radius 3 is 2.28 bits per heavy atom. The van der Waals surface area contributed by atoms with E-state index in [1.165, 1.54) is 24.0 Å². The van der Waals surface area contributed by atoms with Crippen LogP contribution in [0, 0.1) is 0 Å². The predicted molar refractivity (Wildman–Crippen MR) is 75.9 cm³/mol. The summed E-state index contributed by atoms with van der Waals surface area (Å²) in [5.74, 6) is 0.595. The molecule has 1 aliphatic rings. The monoisotopic (exact) mass is 247 g/mol. The van der Waals surface area contributed by atoms with Gasteiger partial charge < -0.3 is 10.1 Å². The van der Waals surface area contributed by atoms with Gasteiger partial charge in [0.25, 0.3) is 0 Å². The Morgan fingerprint density at radius 2 is 1.78 bits per heavy atom. The van der Waals surface area contributed by atoms with Crippen molar-refractivity contribution in [2.24, 2.45) is 0 Å². The van der Waals surface area contributed by atoms with Crippen LogP contribution in [0.15, 0.2) is 24.3 Å². The first-order valence-electron chi connectivity index (χ1n) is 7.11. The summed E-state index contributed by atoms with van der Waals surface area (Å²) in [7, 11) is 2.03. The van der Waals surface area contributed by atoms with Crippen LogP contribution in [0.3, 0.4) is 0 Å². The second-order valence-electron chi connectivity index (χ2n) is 5.49. The van der Waals surface area contributed by atoms with Gasteiger partial charge in [-0.25, -0.2) is 0 Å². The summed E-state index contributed by atoms with van der Waals surface area (Å²) < 4.78 is 5.90. The van der Waals surface area contributed by atoms with E-state index in [-0.39, 0.29) is 0 Å². The lowest BCUT2D eigenvalue weighted by Gasteiger charge is -2.30. The van der Waals surface area contributed by atoms with Crippen molar-refractivity contribution in [3.05, 3.63) is 35.4 Å². The van der Waals surface area contributed by atoms with Gasteiger partial charge in [-0.2, -0.15) is 0 Å². The molecule has 0 saturated carbocycles. The normalized spacial score (nSPS) is 22.1. The number of hydrogen-bond acceptors (Lipinski definition) is 2. The van der Waals surface area contributed by atoms with Crippen molar-refractivity contribution in [1.29, 1.82) is 0 Å². The van der Waals surface area contributed by atoms with Gasteiger partial charge in [-0.05, 0) is 43.4 Å². The Kier molecular flexibility index (Phi) is 4.79. The van der Waals surface area contributed by atoms with Crippen LogP contribution in [0.5, 0.6) is 0 Å². The first kappa shape index (κ1) is 13.6. The summed E-state index contributed by atoms with van der Waals surface area (Å²) in [6.45, 7) is 5.37. The van der Waals surface area contributed by atoms with Crippen molar-refractivity contribution in [2.45, 2.75) is 51.2 Å². The van der Waals surface area contributed by atoms with Crippen molar-refractivity contribution < 1.29 is 4.74 Å². The highest BCUT2D eigenvalue weighted by Gasteiger charge is 2.24. The fraction of sp³-hybridized carbons (Fsp3) is 0.625. The third-order valence-corrected chi connectivity index (χ3v) is 3.86. The highest BCUT2D eigenvalue weighted by atomic mass is 16.5. The van der Waals surface area contributed by atoms with E-state index in [1.807, 2.05) is 7.05 Å². The lowest BCUT2D eigenvalue weighted by molar-refractivity contribution is -0.00662. The number of rotatable bonds is 4. The standard InChI is InChI=1S/C16H25NO/c1-12(2)13-7-9-14(10-8-13)16(17-3)15-6-4-5-11-18-15/h7-10,12,15-17H,4-6,11H2,1-3H3. The molecule has 100 valence electrons. The zero-order valence-electron chi connectivity index (χ0n) is 11.8. The summed E-state index contributed by atoms with van der Waals surface area (Å²) in [5.41, 5.74) is 2.74. The molecule has 1 aromatic rings. The molecule has 1 N–H and O–H groups in total. The minimum absolute atomic E-state index is 0.325. The minimum Gasteiger partial charge on any atom is -0.376 e. The van der Waals surface area contributed by atoms with Crippen molar-refractivity contribution in [2.75, 3.05) is 13.7 Å². The van der Waals surface area contributed by atoms with Gasteiger partial charge in [0, 0.05) is 6.61 Å².